The molecule has 0 radical (unpaired) electrons. The number of nitrogens with one attached hydrogen (secondary N) is 3. The van der Waals surface area contributed by atoms with E-state index in [1.165, 1.54) is 6.42 Å². The lowest BCUT2D eigenvalue weighted by Gasteiger charge is -2.29. The summed E-state index contributed by atoms with van der Waals surface area (Å²) < 4.78 is 28.0. The molecule has 1 fully saturated rings. The number of H-pyrrole nitrogens is 1. The summed E-state index contributed by atoms with van der Waals surface area (Å²) in [7, 11) is -3.54. The fourth-order valence-electron chi connectivity index (χ4n) is 2.72. The average Bonchev–Trinajstić information content (AvgIpc) is 2.88. The molecule has 2 unspecified atom stereocenters. The standard InChI is InChI=1S/C14H26N4O2S/c1-10(2)15-8-12-9-16-17-14(12)21(19,20)18-13-7-5-4-6-11(13)3/h9-11,13,15,18H,4-8H2,1-3H3,(H,16,17). The van der Waals surface area contributed by atoms with Gasteiger partial charge in [-0.1, -0.05) is 33.6 Å². The number of sulfonamides is 1. The molecule has 1 aliphatic carbocycles. The Labute approximate surface area is 127 Å². The topological polar surface area (TPSA) is 86.9 Å². The molecule has 1 aliphatic rings. The van der Waals surface area contributed by atoms with Crippen molar-refractivity contribution in [2.75, 3.05) is 0 Å². The van der Waals surface area contributed by atoms with E-state index in [1.807, 2.05) is 13.8 Å². The molecule has 1 aromatic heterocycles. The van der Waals surface area contributed by atoms with Gasteiger partial charge in [0, 0.05) is 24.2 Å². The molecule has 0 aromatic carbocycles. The highest BCUT2D eigenvalue weighted by Crippen LogP contribution is 2.25. The minimum absolute atomic E-state index is 0.0259. The van der Waals surface area contributed by atoms with Gasteiger partial charge >= 0.3 is 0 Å². The number of aromatic amines is 1. The van der Waals surface area contributed by atoms with E-state index in [2.05, 4.69) is 27.2 Å². The van der Waals surface area contributed by atoms with Gasteiger partial charge < -0.3 is 5.32 Å². The van der Waals surface area contributed by atoms with Crippen molar-refractivity contribution < 1.29 is 8.42 Å². The molecule has 21 heavy (non-hydrogen) atoms. The van der Waals surface area contributed by atoms with E-state index in [0.29, 0.717) is 24.1 Å². The maximum atomic E-state index is 12.6. The average molecular weight is 314 g/mol. The summed E-state index contributed by atoms with van der Waals surface area (Å²) in [6, 6.07) is 0.319. The van der Waals surface area contributed by atoms with Gasteiger partial charge in [-0.2, -0.15) is 5.10 Å². The molecule has 3 N–H and O–H groups in total. The lowest BCUT2D eigenvalue weighted by atomic mass is 9.87. The Kier molecular flexibility index (Phi) is 5.40. The van der Waals surface area contributed by atoms with Crippen LogP contribution >= 0.6 is 0 Å². The zero-order valence-electron chi connectivity index (χ0n) is 13.0. The summed E-state index contributed by atoms with van der Waals surface area (Å²) in [5.41, 5.74) is 0.680. The number of nitrogens with zero attached hydrogens (tertiary/aromatic N) is 1. The number of aromatic nitrogens is 2. The zero-order valence-corrected chi connectivity index (χ0v) is 13.8. The van der Waals surface area contributed by atoms with Gasteiger partial charge in [-0.05, 0) is 18.8 Å². The Morgan fingerprint density at radius 3 is 2.76 bits per heavy atom. The Bertz CT molecular complexity index is 553. The molecule has 2 rings (SSSR count). The SMILES string of the molecule is CC(C)NCc1cn[nH]c1S(=O)(=O)NC1CCCCC1C. The number of rotatable bonds is 6. The van der Waals surface area contributed by atoms with Gasteiger partial charge in [-0.15, -0.1) is 0 Å². The van der Waals surface area contributed by atoms with Crippen LogP contribution in [0.25, 0.3) is 0 Å². The van der Waals surface area contributed by atoms with Crippen molar-refractivity contribution in [1.82, 2.24) is 20.2 Å². The predicted octanol–water partition coefficient (Wildman–Crippen LogP) is 1.76. The molecule has 1 aromatic rings. The molecule has 6 nitrogen and oxygen atoms in total. The molecule has 0 amide bonds. The predicted molar refractivity (Wildman–Crippen MR) is 82.3 cm³/mol. The van der Waals surface area contributed by atoms with Crippen LogP contribution in [0, 0.1) is 5.92 Å². The van der Waals surface area contributed by atoms with E-state index in [4.69, 9.17) is 0 Å². The van der Waals surface area contributed by atoms with Gasteiger partial charge in [-0.25, -0.2) is 13.1 Å². The van der Waals surface area contributed by atoms with Crippen LogP contribution in [0.3, 0.4) is 0 Å². The first-order valence-corrected chi connectivity index (χ1v) is 9.16. The molecule has 7 heteroatoms. The van der Waals surface area contributed by atoms with Gasteiger partial charge in [0.25, 0.3) is 10.0 Å². The summed E-state index contributed by atoms with van der Waals surface area (Å²) in [6.07, 6.45) is 5.84. The third-order valence-electron chi connectivity index (χ3n) is 4.07. The molecule has 0 bridgehead atoms. The summed E-state index contributed by atoms with van der Waals surface area (Å²) in [5, 5.41) is 9.94. The fraction of sp³-hybridized carbons (Fsp3) is 0.786. The molecule has 2 atom stereocenters. The van der Waals surface area contributed by atoms with Crippen molar-refractivity contribution in [2.45, 2.75) is 70.1 Å². The van der Waals surface area contributed by atoms with Crippen LogP contribution < -0.4 is 10.0 Å². The van der Waals surface area contributed by atoms with Crippen molar-refractivity contribution in [3.63, 3.8) is 0 Å². The fourth-order valence-corrected chi connectivity index (χ4v) is 4.23. The quantitative estimate of drug-likeness (QED) is 0.747. The first kappa shape index (κ1) is 16.5. The Morgan fingerprint density at radius 2 is 2.10 bits per heavy atom. The van der Waals surface area contributed by atoms with Gasteiger partial charge in [0.1, 0.15) is 0 Å². The first-order valence-electron chi connectivity index (χ1n) is 7.68. The van der Waals surface area contributed by atoms with E-state index in [-0.39, 0.29) is 11.1 Å². The van der Waals surface area contributed by atoms with Crippen LogP contribution in [0.5, 0.6) is 0 Å². The summed E-state index contributed by atoms with van der Waals surface area (Å²) in [5.74, 6) is 0.383. The van der Waals surface area contributed by atoms with Crippen LogP contribution in [0.2, 0.25) is 0 Å². The lowest BCUT2D eigenvalue weighted by molar-refractivity contribution is 0.310. The van der Waals surface area contributed by atoms with Crippen molar-refractivity contribution in [1.29, 1.82) is 0 Å². The highest BCUT2D eigenvalue weighted by atomic mass is 32.2. The lowest BCUT2D eigenvalue weighted by Crippen LogP contribution is -2.41. The highest BCUT2D eigenvalue weighted by molar-refractivity contribution is 7.89. The minimum Gasteiger partial charge on any atom is -0.310 e. The molecule has 0 saturated heterocycles. The molecule has 1 heterocycles. The van der Waals surface area contributed by atoms with Gasteiger partial charge in [0.05, 0.1) is 6.20 Å². The van der Waals surface area contributed by atoms with Gasteiger partial charge in [0.15, 0.2) is 5.03 Å². The monoisotopic (exact) mass is 314 g/mol. The maximum Gasteiger partial charge on any atom is 0.258 e. The van der Waals surface area contributed by atoms with E-state index < -0.39 is 10.0 Å². The van der Waals surface area contributed by atoms with E-state index in [1.54, 1.807) is 6.20 Å². The minimum atomic E-state index is -3.54. The summed E-state index contributed by atoms with van der Waals surface area (Å²) in [6.45, 7) is 6.65. The van der Waals surface area contributed by atoms with Crippen molar-refractivity contribution >= 4 is 10.0 Å². The Morgan fingerprint density at radius 1 is 1.38 bits per heavy atom. The second-order valence-corrected chi connectivity index (χ2v) is 7.90. The third kappa shape index (κ3) is 4.28. The van der Waals surface area contributed by atoms with Crippen molar-refractivity contribution in [3.8, 4) is 0 Å². The third-order valence-corrected chi connectivity index (χ3v) is 5.57. The first-order chi connectivity index (χ1) is 9.90. The normalized spacial score (nSPS) is 23.6. The van der Waals surface area contributed by atoms with Crippen LogP contribution in [0.4, 0.5) is 0 Å². The molecule has 120 valence electrons. The van der Waals surface area contributed by atoms with Crippen LogP contribution in [0.1, 0.15) is 52.0 Å². The van der Waals surface area contributed by atoms with E-state index >= 15 is 0 Å². The second-order valence-electron chi connectivity index (χ2n) is 6.25. The van der Waals surface area contributed by atoms with Gasteiger partial charge in [-0.3, -0.25) is 5.10 Å². The van der Waals surface area contributed by atoms with Gasteiger partial charge in [0.2, 0.25) is 0 Å². The number of hydrogen-bond acceptors (Lipinski definition) is 4. The van der Waals surface area contributed by atoms with Crippen molar-refractivity contribution in [2.24, 2.45) is 5.92 Å². The summed E-state index contributed by atoms with van der Waals surface area (Å²) >= 11 is 0. The van der Waals surface area contributed by atoms with E-state index in [9.17, 15) is 8.42 Å². The Balaban J connectivity index is 2.10. The van der Waals surface area contributed by atoms with Crippen molar-refractivity contribution in [3.05, 3.63) is 11.8 Å². The number of hydrogen-bond donors (Lipinski definition) is 3. The Hall–Kier alpha value is -0.920. The second kappa shape index (κ2) is 6.89. The molecular weight excluding hydrogens is 288 g/mol. The molecule has 0 spiro atoms. The smallest absolute Gasteiger partial charge is 0.258 e. The molecule has 0 aliphatic heterocycles. The maximum absolute atomic E-state index is 12.6. The highest BCUT2D eigenvalue weighted by Gasteiger charge is 2.29. The molecular formula is C14H26N4O2S. The van der Waals surface area contributed by atoms with Crippen LogP contribution in [-0.4, -0.2) is 30.7 Å². The summed E-state index contributed by atoms with van der Waals surface area (Å²) in [4.78, 5) is 0. The zero-order chi connectivity index (χ0) is 15.5. The van der Waals surface area contributed by atoms with Crippen LogP contribution in [0.15, 0.2) is 11.2 Å². The molecule has 1 saturated carbocycles. The largest absolute Gasteiger partial charge is 0.310 e. The van der Waals surface area contributed by atoms with E-state index in [0.717, 1.165) is 19.3 Å². The van der Waals surface area contributed by atoms with Crippen LogP contribution in [-0.2, 0) is 16.6 Å².